The summed E-state index contributed by atoms with van der Waals surface area (Å²) in [5.74, 6) is 0. The highest BCUT2D eigenvalue weighted by atomic mass is 19.1. The first-order chi connectivity index (χ1) is 5.29. The lowest BCUT2D eigenvalue weighted by molar-refractivity contribution is 0.284. The second-order valence-electron chi connectivity index (χ2n) is 2.39. The second kappa shape index (κ2) is 4.08. The summed E-state index contributed by atoms with van der Waals surface area (Å²) in [5.41, 5.74) is 1.01. The standard InChI is InChI=1S/C7H11FN2O/c8-7(9)11-5-6-2-1-3-10-4-6/h2,9-10H,1,3-5H2. The first-order valence-electron chi connectivity index (χ1n) is 3.54. The monoisotopic (exact) mass is 158 g/mol. The Bertz CT molecular complexity index is 179. The van der Waals surface area contributed by atoms with Gasteiger partial charge in [0.25, 0.3) is 0 Å². The van der Waals surface area contributed by atoms with Gasteiger partial charge in [-0.05, 0) is 18.5 Å². The Labute approximate surface area is 64.7 Å². The van der Waals surface area contributed by atoms with Crippen molar-refractivity contribution < 1.29 is 9.13 Å². The van der Waals surface area contributed by atoms with Gasteiger partial charge in [-0.1, -0.05) is 6.08 Å². The summed E-state index contributed by atoms with van der Waals surface area (Å²) in [5, 5.41) is 9.49. The summed E-state index contributed by atoms with van der Waals surface area (Å²) >= 11 is 0. The van der Waals surface area contributed by atoms with Crippen molar-refractivity contribution in [3.8, 4) is 0 Å². The van der Waals surface area contributed by atoms with Crippen LogP contribution in [0.25, 0.3) is 0 Å². The largest absolute Gasteiger partial charge is 0.452 e. The maximum Gasteiger partial charge on any atom is 0.369 e. The molecule has 0 spiro atoms. The van der Waals surface area contributed by atoms with E-state index in [0.29, 0.717) is 0 Å². The lowest BCUT2D eigenvalue weighted by atomic mass is 10.2. The smallest absolute Gasteiger partial charge is 0.369 e. The average Bonchev–Trinajstić information content (AvgIpc) is 2.03. The third-order valence-electron chi connectivity index (χ3n) is 1.49. The molecule has 1 heterocycles. The van der Waals surface area contributed by atoms with E-state index in [0.717, 1.165) is 25.1 Å². The molecule has 0 saturated carbocycles. The maximum absolute atomic E-state index is 11.8. The number of halogens is 1. The minimum Gasteiger partial charge on any atom is -0.452 e. The van der Waals surface area contributed by atoms with Crippen molar-refractivity contribution >= 4 is 6.15 Å². The van der Waals surface area contributed by atoms with E-state index in [1.807, 2.05) is 6.08 Å². The number of hydrogen-bond donors (Lipinski definition) is 2. The first kappa shape index (κ1) is 8.20. The molecule has 0 fully saturated rings. The Morgan fingerprint density at radius 1 is 1.82 bits per heavy atom. The molecular weight excluding hydrogens is 147 g/mol. The predicted octanol–water partition coefficient (Wildman–Crippen LogP) is 0.827. The van der Waals surface area contributed by atoms with Crippen molar-refractivity contribution in [1.29, 1.82) is 5.41 Å². The van der Waals surface area contributed by atoms with Gasteiger partial charge in [0.1, 0.15) is 6.61 Å². The van der Waals surface area contributed by atoms with E-state index in [9.17, 15) is 4.39 Å². The Balaban J connectivity index is 2.24. The van der Waals surface area contributed by atoms with Crippen LogP contribution in [0.3, 0.4) is 0 Å². The summed E-state index contributed by atoms with van der Waals surface area (Å²) in [4.78, 5) is 0. The zero-order chi connectivity index (χ0) is 8.10. The highest BCUT2D eigenvalue weighted by molar-refractivity contribution is 5.61. The third kappa shape index (κ3) is 3.13. The summed E-state index contributed by atoms with van der Waals surface area (Å²) in [7, 11) is 0. The molecule has 62 valence electrons. The number of ether oxygens (including phenoxy) is 1. The van der Waals surface area contributed by atoms with Crippen molar-refractivity contribution in [1.82, 2.24) is 5.32 Å². The van der Waals surface area contributed by atoms with Crippen LogP contribution < -0.4 is 5.32 Å². The van der Waals surface area contributed by atoms with Crippen LogP contribution in [0.2, 0.25) is 0 Å². The average molecular weight is 158 g/mol. The van der Waals surface area contributed by atoms with Crippen molar-refractivity contribution in [3.05, 3.63) is 11.6 Å². The van der Waals surface area contributed by atoms with Crippen molar-refractivity contribution in [2.45, 2.75) is 6.42 Å². The van der Waals surface area contributed by atoms with Crippen LogP contribution >= 0.6 is 0 Å². The fourth-order valence-corrected chi connectivity index (χ4v) is 0.965. The molecule has 11 heavy (non-hydrogen) atoms. The van der Waals surface area contributed by atoms with E-state index in [1.54, 1.807) is 0 Å². The second-order valence-corrected chi connectivity index (χ2v) is 2.39. The number of hydrogen-bond acceptors (Lipinski definition) is 3. The third-order valence-corrected chi connectivity index (χ3v) is 1.49. The Kier molecular flexibility index (Phi) is 3.04. The fraction of sp³-hybridized carbons (Fsp3) is 0.571. The van der Waals surface area contributed by atoms with Gasteiger partial charge >= 0.3 is 6.15 Å². The molecule has 0 amide bonds. The minimum atomic E-state index is -1.21. The molecule has 1 aliphatic rings. The van der Waals surface area contributed by atoms with E-state index in [2.05, 4.69) is 10.1 Å². The van der Waals surface area contributed by atoms with E-state index in [-0.39, 0.29) is 6.61 Å². The Hall–Kier alpha value is -0.900. The van der Waals surface area contributed by atoms with Gasteiger partial charge in [0.05, 0.1) is 0 Å². The number of nitrogens with one attached hydrogen (secondary N) is 2. The van der Waals surface area contributed by atoms with Crippen LogP contribution in [0.4, 0.5) is 4.39 Å². The van der Waals surface area contributed by atoms with E-state index < -0.39 is 6.15 Å². The van der Waals surface area contributed by atoms with Gasteiger partial charge in [0, 0.05) is 6.54 Å². The van der Waals surface area contributed by atoms with E-state index in [1.165, 1.54) is 0 Å². The molecule has 1 rings (SSSR count). The topological polar surface area (TPSA) is 45.1 Å². The molecule has 0 radical (unpaired) electrons. The minimum absolute atomic E-state index is 0.197. The molecule has 0 aromatic heterocycles. The van der Waals surface area contributed by atoms with Gasteiger partial charge in [-0.2, -0.15) is 0 Å². The normalized spacial score (nSPS) is 17.4. The highest BCUT2D eigenvalue weighted by Gasteiger charge is 2.03. The lowest BCUT2D eigenvalue weighted by Gasteiger charge is -2.13. The Morgan fingerprint density at radius 3 is 3.18 bits per heavy atom. The predicted molar refractivity (Wildman–Crippen MR) is 40.4 cm³/mol. The SMILES string of the molecule is N=C(F)OCC1=CCCNC1. The Morgan fingerprint density at radius 2 is 2.64 bits per heavy atom. The summed E-state index contributed by atoms with van der Waals surface area (Å²) in [6, 6.07) is 0. The van der Waals surface area contributed by atoms with Crippen LogP contribution in [0.15, 0.2) is 11.6 Å². The van der Waals surface area contributed by atoms with Gasteiger partial charge in [-0.3, -0.25) is 0 Å². The van der Waals surface area contributed by atoms with Gasteiger partial charge < -0.3 is 10.1 Å². The van der Waals surface area contributed by atoms with Crippen LogP contribution in [0, 0.1) is 5.41 Å². The quantitative estimate of drug-likeness (QED) is 0.355. The van der Waals surface area contributed by atoms with Crippen LogP contribution in [0.5, 0.6) is 0 Å². The molecule has 0 aromatic rings. The molecule has 0 unspecified atom stereocenters. The molecule has 0 bridgehead atoms. The zero-order valence-corrected chi connectivity index (χ0v) is 6.19. The van der Waals surface area contributed by atoms with Crippen LogP contribution in [0.1, 0.15) is 6.42 Å². The van der Waals surface area contributed by atoms with E-state index >= 15 is 0 Å². The molecule has 4 heteroatoms. The van der Waals surface area contributed by atoms with Gasteiger partial charge in [-0.25, -0.2) is 5.41 Å². The first-order valence-corrected chi connectivity index (χ1v) is 3.54. The molecule has 0 atom stereocenters. The van der Waals surface area contributed by atoms with Gasteiger partial charge in [0.15, 0.2) is 0 Å². The van der Waals surface area contributed by atoms with Gasteiger partial charge in [-0.15, -0.1) is 4.39 Å². The maximum atomic E-state index is 11.8. The zero-order valence-electron chi connectivity index (χ0n) is 6.19. The fourth-order valence-electron chi connectivity index (χ4n) is 0.965. The molecular formula is C7H11FN2O. The molecule has 0 aromatic carbocycles. The summed E-state index contributed by atoms with van der Waals surface area (Å²) in [6.07, 6.45) is 1.76. The summed E-state index contributed by atoms with van der Waals surface area (Å²) in [6.45, 7) is 1.91. The van der Waals surface area contributed by atoms with Crippen molar-refractivity contribution in [2.75, 3.05) is 19.7 Å². The molecule has 3 nitrogen and oxygen atoms in total. The lowest BCUT2D eigenvalue weighted by Crippen LogP contribution is -2.24. The number of rotatable bonds is 2. The summed E-state index contributed by atoms with van der Waals surface area (Å²) < 4.78 is 16.2. The molecule has 0 aliphatic carbocycles. The van der Waals surface area contributed by atoms with Crippen molar-refractivity contribution in [3.63, 3.8) is 0 Å². The molecule has 0 saturated heterocycles. The van der Waals surface area contributed by atoms with E-state index in [4.69, 9.17) is 5.41 Å². The van der Waals surface area contributed by atoms with Crippen molar-refractivity contribution in [2.24, 2.45) is 0 Å². The molecule has 1 aliphatic heterocycles. The van der Waals surface area contributed by atoms with Gasteiger partial charge in [0.2, 0.25) is 0 Å². The highest BCUT2D eigenvalue weighted by Crippen LogP contribution is 2.01. The van der Waals surface area contributed by atoms with Crippen LogP contribution in [-0.4, -0.2) is 25.8 Å². The molecule has 2 N–H and O–H groups in total. The van der Waals surface area contributed by atoms with Crippen LogP contribution in [-0.2, 0) is 4.74 Å².